The number of carboxylic acids is 1. The summed E-state index contributed by atoms with van der Waals surface area (Å²) in [5.41, 5.74) is 0.330. The van der Waals surface area contributed by atoms with Gasteiger partial charge in [-0.25, -0.2) is 4.79 Å². The van der Waals surface area contributed by atoms with E-state index in [2.05, 4.69) is 10.6 Å². The summed E-state index contributed by atoms with van der Waals surface area (Å²) in [4.78, 5) is 36.3. The molecule has 1 aromatic heterocycles. The normalized spacial score (nSPS) is 11.8. The number of rotatable bonds is 9. The first-order valence-electron chi connectivity index (χ1n) is 7.89. The number of amides is 2. The zero-order valence-electron chi connectivity index (χ0n) is 13.8. The van der Waals surface area contributed by atoms with Crippen LogP contribution < -0.4 is 10.6 Å². The molecule has 0 spiro atoms. The van der Waals surface area contributed by atoms with E-state index >= 15 is 0 Å². The predicted octanol–water partition coefficient (Wildman–Crippen LogP) is 3.03. The third-order valence-electron chi connectivity index (χ3n) is 3.40. The van der Waals surface area contributed by atoms with Crippen LogP contribution in [0, 0.1) is 0 Å². The average molecular weight is 340 g/mol. The number of hydrogen-bond acceptors (Lipinski definition) is 4. The molecule has 128 valence electrons. The van der Waals surface area contributed by atoms with Gasteiger partial charge in [0.05, 0.1) is 5.56 Å². The second-order valence-corrected chi connectivity index (χ2v) is 6.37. The molecule has 1 atom stereocenters. The molecule has 0 radical (unpaired) electrons. The highest BCUT2D eigenvalue weighted by atomic mass is 32.1. The molecule has 2 amide bonds. The van der Waals surface area contributed by atoms with Crippen LogP contribution in [0.3, 0.4) is 0 Å². The number of thiophene rings is 1. The molecule has 0 aliphatic rings. The van der Waals surface area contributed by atoms with Gasteiger partial charge >= 0.3 is 5.97 Å². The maximum atomic E-state index is 12.3. The number of aliphatic carboxylic acids is 1. The van der Waals surface area contributed by atoms with E-state index in [0.29, 0.717) is 23.4 Å². The number of hydrogen-bond donors (Lipinski definition) is 3. The maximum Gasteiger partial charge on any atom is 0.326 e. The summed E-state index contributed by atoms with van der Waals surface area (Å²) in [6.45, 7) is 5.66. The molecule has 0 aliphatic carbocycles. The summed E-state index contributed by atoms with van der Waals surface area (Å²) < 4.78 is 0. The Morgan fingerprint density at radius 3 is 2.48 bits per heavy atom. The van der Waals surface area contributed by atoms with Gasteiger partial charge in [-0.2, -0.15) is 0 Å². The van der Waals surface area contributed by atoms with Crippen LogP contribution in [0.15, 0.2) is 6.07 Å². The molecule has 1 rings (SSSR count). The smallest absolute Gasteiger partial charge is 0.326 e. The van der Waals surface area contributed by atoms with E-state index in [0.717, 1.165) is 24.1 Å². The third-order valence-corrected chi connectivity index (χ3v) is 4.59. The summed E-state index contributed by atoms with van der Waals surface area (Å²) in [6, 6.07) is 0.778. The molecule has 0 aromatic carbocycles. The third kappa shape index (κ3) is 5.67. The van der Waals surface area contributed by atoms with Crippen molar-refractivity contribution in [3.8, 4) is 0 Å². The van der Waals surface area contributed by atoms with Crippen LogP contribution in [0.4, 0.5) is 5.00 Å². The fraction of sp³-hybridized carbons (Fsp3) is 0.562. The number of carbonyl (C=O) groups excluding carboxylic acids is 2. The van der Waals surface area contributed by atoms with Crippen molar-refractivity contribution >= 4 is 34.1 Å². The van der Waals surface area contributed by atoms with Gasteiger partial charge < -0.3 is 15.7 Å². The lowest BCUT2D eigenvalue weighted by Gasteiger charge is -2.12. The van der Waals surface area contributed by atoms with Gasteiger partial charge in [0.2, 0.25) is 5.91 Å². The van der Waals surface area contributed by atoms with Crippen LogP contribution >= 0.6 is 11.3 Å². The Bertz CT molecular complexity index is 568. The highest BCUT2D eigenvalue weighted by Crippen LogP contribution is 2.29. The van der Waals surface area contributed by atoms with Gasteiger partial charge in [-0.1, -0.05) is 27.2 Å². The fourth-order valence-corrected chi connectivity index (χ4v) is 2.99. The topological polar surface area (TPSA) is 95.5 Å². The number of carbonyl (C=O) groups is 3. The molecule has 1 aromatic rings. The van der Waals surface area contributed by atoms with Crippen LogP contribution in [-0.2, 0) is 16.0 Å². The molecule has 1 heterocycles. The first kappa shape index (κ1) is 19.2. The predicted molar refractivity (Wildman–Crippen MR) is 91.0 cm³/mol. The van der Waals surface area contributed by atoms with Gasteiger partial charge in [-0.3, -0.25) is 9.59 Å². The van der Waals surface area contributed by atoms with Gasteiger partial charge in [0.15, 0.2) is 0 Å². The Morgan fingerprint density at radius 2 is 1.96 bits per heavy atom. The lowest BCUT2D eigenvalue weighted by molar-refractivity contribution is -0.139. The second-order valence-electron chi connectivity index (χ2n) is 5.23. The summed E-state index contributed by atoms with van der Waals surface area (Å²) in [7, 11) is 0. The zero-order valence-corrected chi connectivity index (χ0v) is 14.6. The summed E-state index contributed by atoms with van der Waals surface area (Å²) in [5, 5.41) is 14.8. The summed E-state index contributed by atoms with van der Waals surface area (Å²) >= 11 is 1.35. The second kappa shape index (κ2) is 9.29. The SMILES string of the molecule is CCCCC(=O)Nc1sc(CC)cc1C(=O)NC(CC)C(=O)O. The van der Waals surface area contributed by atoms with E-state index in [1.807, 2.05) is 13.8 Å². The first-order valence-corrected chi connectivity index (χ1v) is 8.70. The molecule has 1 unspecified atom stereocenters. The van der Waals surface area contributed by atoms with Gasteiger partial charge in [-0.15, -0.1) is 11.3 Å². The minimum Gasteiger partial charge on any atom is -0.480 e. The Kier molecular flexibility index (Phi) is 7.74. The lowest BCUT2D eigenvalue weighted by atomic mass is 10.2. The molecular weight excluding hydrogens is 316 g/mol. The summed E-state index contributed by atoms with van der Waals surface area (Å²) in [6.07, 6.45) is 3.15. The van der Waals surface area contributed by atoms with Crippen LogP contribution in [0.1, 0.15) is 61.7 Å². The highest BCUT2D eigenvalue weighted by Gasteiger charge is 2.22. The monoisotopic (exact) mass is 340 g/mol. The number of carboxylic acid groups (broad SMARTS) is 1. The molecule has 23 heavy (non-hydrogen) atoms. The van der Waals surface area contributed by atoms with E-state index in [1.54, 1.807) is 13.0 Å². The van der Waals surface area contributed by atoms with Crippen molar-refractivity contribution in [3.63, 3.8) is 0 Å². The molecule has 0 aliphatic heterocycles. The van der Waals surface area contributed by atoms with Gasteiger partial charge in [0, 0.05) is 11.3 Å². The van der Waals surface area contributed by atoms with Crippen LogP contribution in [-0.4, -0.2) is 28.9 Å². The van der Waals surface area contributed by atoms with Crippen molar-refractivity contribution in [2.45, 2.75) is 58.9 Å². The highest BCUT2D eigenvalue weighted by molar-refractivity contribution is 7.16. The van der Waals surface area contributed by atoms with Crippen molar-refractivity contribution in [3.05, 3.63) is 16.5 Å². The van der Waals surface area contributed by atoms with E-state index in [9.17, 15) is 14.4 Å². The maximum absolute atomic E-state index is 12.3. The standard InChI is InChI=1S/C16H24N2O4S/c1-4-7-8-13(19)18-15-11(9-10(5-2)23-15)14(20)17-12(6-3)16(21)22/h9,12H,4-8H2,1-3H3,(H,17,20)(H,18,19)(H,21,22). The number of aryl methyl sites for hydroxylation is 1. The van der Waals surface area contributed by atoms with E-state index < -0.39 is 17.9 Å². The first-order chi connectivity index (χ1) is 10.9. The Labute approximate surface area is 140 Å². The Morgan fingerprint density at radius 1 is 1.26 bits per heavy atom. The lowest BCUT2D eigenvalue weighted by Crippen LogP contribution is -2.40. The van der Waals surface area contributed by atoms with Gasteiger partial charge in [0.25, 0.3) is 5.91 Å². The zero-order chi connectivity index (χ0) is 17.4. The van der Waals surface area contributed by atoms with E-state index in [-0.39, 0.29) is 5.91 Å². The van der Waals surface area contributed by atoms with Crippen molar-refractivity contribution in [1.29, 1.82) is 0 Å². The van der Waals surface area contributed by atoms with Gasteiger partial charge in [-0.05, 0) is 25.3 Å². The molecule has 0 saturated carbocycles. The van der Waals surface area contributed by atoms with Crippen molar-refractivity contribution in [1.82, 2.24) is 5.32 Å². The molecule has 0 fully saturated rings. The summed E-state index contributed by atoms with van der Waals surface area (Å²) in [5.74, 6) is -1.67. The minimum atomic E-state index is -1.07. The molecule has 0 saturated heterocycles. The molecule has 3 N–H and O–H groups in total. The largest absolute Gasteiger partial charge is 0.480 e. The molecular formula is C16H24N2O4S. The van der Waals surface area contributed by atoms with E-state index in [1.165, 1.54) is 11.3 Å². The van der Waals surface area contributed by atoms with Crippen molar-refractivity contribution in [2.75, 3.05) is 5.32 Å². The quantitative estimate of drug-likeness (QED) is 0.644. The van der Waals surface area contributed by atoms with Crippen LogP contribution in [0.2, 0.25) is 0 Å². The Balaban J connectivity index is 2.91. The van der Waals surface area contributed by atoms with Crippen molar-refractivity contribution in [2.24, 2.45) is 0 Å². The van der Waals surface area contributed by atoms with Crippen molar-refractivity contribution < 1.29 is 19.5 Å². The number of anilines is 1. The number of nitrogens with one attached hydrogen (secondary N) is 2. The van der Waals surface area contributed by atoms with E-state index in [4.69, 9.17) is 5.11 Å². The number of unbranched alkanes of at least 4 members (excludes halogenated alkanes) is 1. The fourth-order valence-electron chi connectivity index (χ4n) is 1.98. The Hall–Kier alpha value is -1.89. The van der Waals surface area contributed by atoms with Gasteiger partial charge in [0.1, 0.15) is 11.0 Å². The minimum absolute atomic E-state index is 0.129. The average Bonchev–Trinajstić information content (AvgIpc) is 2.93. The van der Waals surface area contributed by atoms with Crippen LogP contribution in [0.5, 0.6) is 0 Å². The molecule has 6 nitrogen and oxygen atoms in total. The van der Waals surface area contributed by atoms with Crippen LogP contribution in [0.25, 0.3) is 0 Å². The molecule has 0 bridgehead atoms. The molecule has 7 heteroatoms.